The molecule has 1 saturated heterocycles. The summed E-state index contributed by atoms with van der Waals surface area (Å²) in [6.07, 6.45) is 3.83. The molecule has 2 aromatic rings. The number of fused-ring (bicyclic) bond motifs is 1. The van der Waals surface area contributed by atoms with Crippen LogP contribution in [0.2, 0.25) is 0 Å². The highest BCUT2D eigenvalue weighted by Crippen LogP contribution is 2.28. The van der Waals surface area contributed by atoms with Crippen molar-refractivity contribution >= 4 is 16.6 Å². The largest absolute Gasteiger partial charge is 0.380 e. The minimum Gasteiger partial charge on any atom is -0.380 e. The molecular weight excluding hydrogens is 250 g/mol. The first-order valence-corrected chi connectivity index (χ1v) is 6.94. The first-order valence-electron chi connectivity index (χ1n) is 6.94. The van der Waals surface area contributed by atoms with Gasteiger partial charge in [0.1, 0.15) is 6.07 Å². The molecule has 3 rings (SSSR count). The van der Waals surface area contributed by atoms with Gasteiger partial charge in [0.15, 0.2) is 0 Å². The Hall–Kier alpha value is -2.12. The zero-order valence-corrected chi connectivity index (χ0v) is 11.5. The van der Waals surface area contributed by atoms with Crippen molar-refractivity contribution < 1.29 is 4.74 Å². The summed E-state index contributed by atoms with van der Waals surface area (Å²) in [6.45, 7) is 2.85. The second-order valence-corrected chi connectivity index (χ2v) is 5.22. The lowest BCUT2D eigenvalue weighted by Gasteiger charge is -2.29. The van der Waals surface area contributed by atoms with Crippen LogP contribution < -0.4 is 5.32 Å². The molecule has 102 valence electrons. The van der Waals surface area contributed by atoms with E-state index in [2.05, 4.69) is 23.3 Å². The van der Waals surface area contributed by atoms with Gasteiger partial charge in [0.2, 0.25) is 0 Å². The number of ether oxygens (including phenoxy) is 1. The summed E-state index contributed by atoms with van der Waals surface area (Å²) >= 11 is 0. The third-order valence-electron chi connectivity index (χ3n) is 3.73. The Morgan fingerprint density at radius 3 is 3.05 bits per heavy atom. The van der Waals surface area contributed by atoms with E-state index < -0.39 is 0 Å². The number of nitriles is 1. The van der Waals surface area contributed by atoms with Crippen LogP contribution in [0.5, 0.6) is 0 Å². The van der Waals surface area contributed by atoms with Crippen LogP contribution >= 0.6 is 0 Å². The Morgan fingerprint density at radius 1 is 1.40 bits per heavy atom. The maximum Gasteiger partial charge on any atom is 0.103 e. The lowest BCUT2D eigenvalue weighted by molar-refractivity contribution is 0.0232. The van der Waals surface area contributed by atoms with Crippen LogP contribution in [0, 0.1) is 11.3 Å². The van der Waals surface area contributed by atoms with E-state index in [0.717, 1.165) is 36.0 Å². The van der Waals surface area contributed by atoms with Gasteiger partial charge in [-0.3, -0.25) is 4.98 Å². The van der Waals surface area contributed by atoms with Crippen LogP contribution in [0.4, 0.5) is 5.69 Å². The number of hydrogen-bond donors (Lipinski definition) is 1. The van der Waals surface area contributed by atoms with E-state index in [1.165, 1.54) is 0 Å². The maximum atomic E-state index is 9.30. The molecule has 1 aromatic heterocycles. The van der Waals surface area contributed by atoms with Crippen LogP contribution in [0.25, 0.3) is 10.9 Å². The summed E-state index contributed by atoms with van der Waals surface area (Å²) < 4.78 is 5.57. The molecule has 2 heterocycles. The molecular formula is C16H17N3O. The highest BCUT2D eigenvalue weighted by Gasteiger charge is 2.21. The summed E-state index contributed by atoms with van der Waals surface area (Å²) in [5.41, 5.74) is 2.41. The number of para-hydroxylation sites is 1. The van der Waals surface area contributed by atoms with Crippen molar-refractivity contribution in [2.45, 2.75) is 31.9 Å². The minimum absolute atomic E-state index is 0.264. The molecule has 2 atom stereocenters. The van der Waals surface area contributed by atoms with Gasteiger partial charge in [0.05, 0.1) is 22.9 Å². The van der Waals surface area contributed by atoms with Gasteiger partial charge in [-0.2, -0.15) is 5.26 Å². The molecule has 1 aliphatic rings. The number of benzene rings is 1. The van der Waals surface area contributed by atoms with E-state index in [-0.39, 0.29) is 6.10 Å². The number of pyridine rings is 1. The van der Waals surface area contributed by atoms with E-state index in [4.69, 9.17) is 4.74 Å². The predicted molar refractivity (Wildman–Crippen MR) is 78.5 cm³/mol. The van der Waals surface area contributed by atoms with Crippen LogP contribution in [-0.4, -0.2) is 23.7 Å². The van der Waals surface area contributed by atoms with Crippen molar-refractivity contribution in [3.8, 4) is 6.07 Å². The number of aromatic nitrogens is 1. The molecule has 2 unspecified atom stereocenters. The second-order valence-electron chi connectivity index (χ2n) is 5.22. The Balaban J connectivity index is 1.98. The van der Waals surface area contributed by atoms with Gasteiger partial charge in [0, 0.05) is 24.2 Å². The molecule has 4 nitrogen and oxygen atoms in total. The first-order chi connectivity index (χ1) is 9.78. The van der Waals surface area contributed by atoms with Crippen LogP contribution in [0.3, 0.4) is 0 Å². The number of rotatable bonds is 2. The van der Waals surface area contributed by atoms with Gasteiger partial charge in [0.25, 0.3) is 0 Å². The molecule has 0 saturated carbocycles. The topological polar surface area (TPSA) is 57.9 Å². The molecule has 4 heteroatoms. The molecule has 0 spiro atoms. The molecule has 0 amide bonds. The predicted octanol–water partition coefficient (Wildman–Crippen LogP) is 3.09. The van der Waals surface area contributed by atoms with E-state index >= 15 is 0 Å². The zero-order valence-electron chi connectivity index (χ0n) is 11.5. The van der Waals surface area contributed by atoms with E-state index in [1.807, 2.05) is 24.3 Å². The monoisotopic (exact) mass is 267 g/mol. The molecule has 0 aliphatic carbocycles. The van der Waals surface area contributed by atoms with Crippen molar-refractivity contribution in [3.05, 3.63) is 36.0 Å². The third-order valence-corrected chi connectivity index (χ3v) is 3.73. The maximum absolute atomic E-state index is 9.30. The molecule has 1 aromatic carbocycles. The first kappa shape index (κ1) is 12.9. The Morgan fingerprint density at radius 2 is 2.25 bits per heavy atom. The smallest absolute Gasteiger partial charge is 0.103 e. The van der Waals surface area contributed by atoms with Crippen molar-refractivity contribution in [3.63, 3.8) is 0 Å². The highest BCUT2D eigenvalue weighted by molar-refractivity contribution is 5.93. The van der Waals surface area contributed by atoms with Crippen molar-refractivity contribution in [1.29, 1.82) is 5.26 Å². The Kier molecular flexibility index (Phi) is 3.53. The number of anilines is 1. The molecule has 1 aliphatic heterocycles. The lowest BCUT2D eigenvalue weighted by Crippen LogP contribution is -2.32. The van der Waals surface area contributed by atoms with E-state index in [9.17, 15) is 5.26 Å². The summed E-state index contributed by atoms with van der Waals surface area (Å²) in [4.78, 5) is 4.33. The van der Waals surface area contributed by atoms with Crippen LogP contribution in [0.1, 0.15) is 25.3 Å². The SMILES string of the molecule is CC1CC(Nc2c(C#N)cnc3ccccc23)CCO1. The number of nitrogens with one attached hydrogen (secondary N) is 1. The zero-order chi connectivity index (χ0) is 13.9. The fraction of sp³-hybridized carbons (Fsp3) is 0.375. The quantitative estimate of drug-likeness (QED) is 0.908. The van der Waals surface area contributed by atoms with Crippen molar-refractivity contribution in [2.75, 3.05) is 11.9 Å². The van der Waals surface area contributed by atoms with E-state index in [0.29, 0.717) is 11.6 Å². The fourth-order valence-corrected chi connectivity index (χ4v) is 2.71. The molecule has 1 N–H and O–H groups in total. The summed E-state index contributed by atoms with van der Waals surface area (Å²) in [5.74, 6) is 0. The van der Waals surface area contributed by atoms with Gasteiger partial charge in [-0.25, -0.2) is 0 Å². The molecule has 1 fully saturated rings. The van der Waals surface area contributed by atoms with Gasteiger partial charge < -0.3 is 10.1 Å². The number of hydrogen-bond acceptors (Lipinski definition) is 4. The van der Waals surface area contributed by atoms with Crippen LogP contribution in [0.15, 0.2) is 30.5 Å². The molecule has 0 radical (unpaired) electrons. The van der Waals surface area contributed by atoms with Crippen molar-refractivity contribution in [1.82, 2.24) is 4.98 Å². The summed E-state index contributed by atoms with van der Waals surface area (Å²) in [6, 6.07) is 10.5. The van der Waals surface area contributed by atoms with Crippen LogP contribution in [-0.2, 0) is 4.74 Å². The Labute approximate surface area is 118 Å². The fourth-order valence-electron chi connectivity index (χ4n) is 2.71. The third kappa shape index (κ3) is 2.45. The summed E-state index contributed by atoms with van der Waals surface area (Å²) in [5, 5.41) is 13.8. The average molecular weight is 267 g/mol. The minimum atomic E-state index is 0.264. The van der Waals surface area contributed by atoms with Gasteiger partial charge in [-0.05, 0) is 25.8 Å². The average Bonchev–Trinajstić information content (AvgIpc) is 2.48. The van der Waals surface area contributed by atoms with Gasteiger partial charge >= 0.3 is 0 Å². The summed E-state index contributed by atoms with van der Waals surface area (Å²) in [7, 11) is 0. The van der Waals surface area contributed by atoms with E-state index in [1.54, 1.807) is 6.20 Å². The number of nitrogens with zero attached hydrogens (tertiary/aromatic N) is 2. The Bertz CT molecular complexity index is 662. The normalized spacial score (nSPS) is 22.4. The van der Waals surface area contributed by atoms with Gasteiger partial charge in [-0.15, -0.1) is 0 Å². The van der Waals surface area contributed by atoms with Gasteiger partial charge in [-0.1, -0.05) is 18.2 Å². The molecule has 20 heavy (non-hydrogen) atoms. The second kappa shape index (κ2) is 5.48. The molecule has 0 bridgehead atoms. The lowest BCUT2D eigenvalue weighted by atomic mass is 10.0. The standard InChI is InChI=1S/C16H17N3O/c1-11-8-13(6-7-20-11)19-16-12(9-17)10-18-15-5-3-2-4-14(15)16/h2-5,10-11,13H,6-8H2,1H3,(H,18,19). The highest BCUT2D eigenvalue weighted by atomic mass is 16.5. The van der Waals surface area contributed by atoms with Crippen molar-refractivity contribution in [2.24, 2.45) is 0 Å².